The highest BCUT2D eigenvalue weighted by Crippen LogP contribution is 2.15. The van der Waals surface area contributed by atoms with Crippen molar-refractivity contribution in [1.82, 2.24) is 18.7 Å². The molecule has 0 bridgehead atoms. The van der Waals surface area contributed by atoms with Crippen LogP contribution in [0.4, 0.5) is 5.69 Å². The summed E-state index contributed by atoms with van der Waals surface area (Å²) in [6, 6.07) is 20.6. The Labute approximate surface area is 168 Å². The minimum absolute atomic E-state index is 0.109. The lowest BCUT2D eigenvalue weighted by Gasteiger charge is -2.14. The van der Waals surface area contributed by atoms with Gasteiger partial charge in [0.05, 0.1) is 17.1 Å². The highest BCUT2D eigenvalue weighted by molar-refractivity contribution is 5.48. The minimum Gasteiger partial charge on any atom is -0.360 e. The van der Waals surface area contributed by atoms with Crippen molar-refractivity contribution in [3.8, 4) is 11.4 Å². The summed E-state index contributed by atoms with van der Waals surface area (Å²) < 4.78 is 6.89. The molecule has 0 unspecified atom stereocenters. The number of hydrogen-bond acceptors (Lipinski definition) is 3. The number of hydrogen-bond donors (Lipinski definition) is 1. The lowest BCUT2D eigenvalue weighted by molar-refractivity contribution is 0.566. The minimum atomic E-state index is -0.130. The van der Waals surface area contributed by atoms with Crippen LogP contribution < -0.4 is 16.4 Å². The summed E-state index contributed by atoms with van der Waals surface area (Å²) in [5.41, 5.74) is 3.47. The number of para-hydroxylation sites is 2. The summed E-state index contributed by atoms with van der Waals surface area (Å²) in [5.74, 6) is 0. The molecular weight excluding hydrogens is 366 g/mol. The molecule has 0 spiro atoms. The van der Waals surface area contributed by atoms with Crippen molar-refractivity contribution in [2.75, 3.05) is 5.32 Å². The maximum absolute atomic E-state index is 13.1. The Morgan fingerprint density at radius 1 is 0.828 bits per heavy atom. The molecule has 4 aromatic rings. The van der Waals surface area contributed by atoms with Gasteiger partial charge in [-0.15, -0.1) is 0 Å². The molecular formula is C22H23N5O2. The van der Waals surface area contributed by atoms with E-state index < -0.39 is 0 Å². The van der Waals surface area contributed by atoms with E-state index in [1.807, 2.05) is 90.9 Å². The molecule has 0 aliphatic rings. The Morgan fingerprint density at radius 2 is 1.38 bits per heavy atom. The molecule has 0 saturated heterocycles. The van der Waals surface area contributed by atoms with Gasteiger partial charge in [-0.2, -0.15) is 0 Å². The van der Waals surface area contributed by atoms with Crippen LogP contribution in [0.25, 0.3) is 11.4 Å². The van der Waals surface area contributed by atoms with Gasteiger partial charge in [-0.1, -0.05) is 36.4 Å². The average molecular weight is 389 g/mol. The van der Waals surface area contributed by atoms with Gasteiger partial charge in [0, 0.05) is 18.8 Å². The first-order valence-electron chi connectivity index (χ1n) is 9.42. The number of nitrogens with one attached hydrogen (secondary N) is 1. The molecule has 0 amide bonds. The zero-order chi connectivity index (χ0) is 20.5. The van der Waals surface area contributed by atoms with Crippen molar-refractivity contribution >= 4 is 5.69 Å². The Balaban J connectivity index is 1.72. The number of benzene rings is 2. The largest absolute Gasteiger partial charge is 0.360 e. The van der Waals surface area contributed by atoms with Crippen molar-refractivity contribution in [3.63, 3.8) is 0 Å². The average Bonchev–Trinajstić information content (AvgIpc) is 3.13. The van der Waals surface area contributed by atoms with Crippen molar-refractivity contribution in [3.05, 3.63) is 98.8 Å². The van der Waals surface area contributed by atoms with Gasteiger partial charge in [0.1, 0.15) is 12.4 Å². The zero-order valence-electron chi connectivity index (χ0n) is 16.7. The third-order valence-corrected chi connectivity index (χ3v) is 5.15. The molecule has 7 heteroatoms. The highest BCUT2D eigenvalue weighted by Gasteiger charge is 2.17. The molecule has 1 N–H and O–H groups in total. The van der Waals surface area contributed by atoms with Gasteiger partial charge in [0.2, 0.25) is 0 Å². The third-order valence-electron chi connectivity index (χ3n) is 5.15. The first kappa shape index (κ1) is 18.6. The Bertz CT molecular complexity index is 1260. The fourth-order valence-corrected chi connectivity index (χ4v) is 3.55. The second-order valence-electron chi connectivity index (χ2n) is 6.94. The SMILES string of the molecule is Cc1c(NCn2c(C)cc(=O)n2-c2ccccc2)c(=O)n(-c2ccccc2)n1C. The second-order valence-corrected chi connectivity index (χ2v) is 6.94. The molecule has 0 aliphatic heterocycles. The van der Waals surface area contributed by atoms with Crippen molar-refractivity contribution in [2.24, 2.45) is 7.05 Å². The van der Waals surface area contributed by atoms with Crippen molar-refractivity contribution in [2.45, 2.75) is 20.5 Å². The predicted octanol–water partition coefficient (Wildman–Crippen LogP) is 2.81. The fraction of sp³-hybridized carbons (Fsp3) is 0.182. The molecule has 7 nitrogen and oxygen atoms in total. The van der Waals surface area contributed by atoms with Crippen molar-refractivity contribution in [1.29, 1.82) is 0 Å². The van der Waals surface area contributed by atoms with Gasteiger partial charge in [-0.25, -0.2) is 9.36 Å². The molecule has 2 aromatic carbocycles. The third kappa shape index (κ3) is 3.20. The van der Waals surface area contributed by atoms with Gasteiger partial charge in [0.15, 0.2) is 0 Å². The summed E-state index contributed by atoms with van der Waals surface area (Å²) in [7, 11) is 1.86. The molecule has 0 fully saturated rings. The van der Waals surface area contributed by atoms with E-state index in [1.165, 1.54) is 0 Å². The highest BCUT2D eigenvalue weighted by atomic mass is 16.1. The first-order chi connectivity index (χ1) is 14.0. The van der Waals surface area contributed by atoms with Gasteiger partial charge in [0.25, 0.3) is 11.1 Å². The second kappa shape index (κ2) is 7.35. The maximum atomic E-state index is 13.1. The van der Waals surface area contributed by atoms with E-state index in [9.17, 15) is 9.59 Å². The topological polar surface area (TPSA) is 65.9 Å². The number of aromatic nitrogens is 4. The van der Waals surface area contributed by atoms with Gasteiger partial charge in [-0.05, 0) is 38.1 Å². The van der Waals surface area contributed by atoms with Gasteiger partial charge < -0.3 is 5.32 Å². The Kier molecular flexibility index (Phi) is 4.72. The van der Waals surface area contributed by atoms with E-state index in [1.54, 1.807) is 15.4 Å². The van der Waals surface area contributed by atoms with Crippen LogP contribution >= 0.6 is 0 Å². The Morgan fingerprint density at radius 3 is 1.97 bits per heavy atom. The van der Waals surface area contributed by atoms with Crippen molar-refractivity contribution < 1.29 is 0 Å². The smallest absolute Gasteiger partial charge is 0.295 e. The molecule has 0 atom stereocenters. The molecule has 2 aromatic heterocycles. The van der Waals surface area contributed by atoms with Crippen LogP contribution in [0.2, 0.25) is 0 Å². The molecule has 148 valence electrons. The quantitative estimate of drug-likeness (QED) is 0.571. The number of aryl methyl sites for hydroxylation is 1. The number of nitrogens with zero attached hydrogens (tertiary/aromatic N) is 4. The maximum Gasteiger partial charge on any atom is 0.295 e. The molecule has 0 radical (unpaired) electrons. The Hall–Kier alpha value is -3.74. The van der Waals surface area contributed by atoms with E-state index in [4.69, 9.17) is 0 Å². The van der Waals surface area contributed by atoms with Gasteiger partial charge >= 0.3 is 0 Å². The van der Waals surface area contributed by atoms with Crippen LogP contribution in [-0.2, 0) is 13.7 Å². The number of anilines is 1. The van der Waals surface area contributed by atoms with E-state index in [0.717, 1.165) is 22.8 Å². The van der Waals surface area contributed by atoms with E-state index in [0.29, 0.717) is 5.69 Å². The van der Waals surface area contributed by atoms with E-state index >= 15 is 0 Å². The molecule has 0 aliphatic carbocycles. The first-order valence-corrected chi connectivity index (χ1v) is 9.42. The zero-order valence-corrected chi connectivity index (χ0v) is 16.7. The lowest BCUT2D eigenvalue weighted by atomic mass is 10.3. The standard InChI is InChI=1S/C22H23N5O2/c1-16-14-20(28)26(18-10-6-4-7-11-18)25(16)15-23-21-17(2)24(3)27(22(21)29)19-12-8-5-9-13-19/h4-14,23H,15H2,1-3H3. The van der Waals surface area contributed by atoms with Crippen LogP contribution in [0.5, 0.6) is 0 Å². The summed E-state index contributed by atoms with van der Waals surface area (Å²) in [5, 5.41) is 3.24. The predicted molar refractivity (Wildman–Crippen MR) is 114 cm³/mol. The summed E-state index contributed by atoms with van der Waals surface area (Å²) >= 11 is 0. The van der Waals surface area contributed by atoms with Crippen LogP contribution in [-0.4, -0.2) is 18.7 Å². The lowest BCUT2D eigenvalue weighted by Crippen LogP contribution is -2.26. The number of rotatable bonds is 5. The van der Waals surface area contributed by atoms with E-state index in [2.05, 4.69) is 5.32 Å². The molecule has 4 rings (SSSR count). The van der Waals surface area contributed by atoms with Crippen LogP contribution in [0.1, 0.15) is 11.4 Å². The van der Waals surface area contributed by atoms with E-state index in [-0.39, 0.29) is 17.8 Å². The normalized spacial score (nSPS) is 11.0. The van der Waals surface area contributed by atoms with Gasteiger partial charge in [-0.3, -0.25) is 19.0 Å². The summed E-state index contributed by atoms with van der Waals surface area (Å²) in [6.45, 7) is 4.07. The van der Waals surface area contributed by atoms with Crippen LogP contribution in [0.3, 0.4) is 0 Å². The van der Waals surface area contributed by atoms with Crippen LogP contribution in [0, 0.1) is 13.8 Å². The fourth-order valence-electron chi connectivity index (χ4n) is 3.55. The summed E-state index contributed by atoms with van der Waals surface area (Å²) in [4.78, 5) is 25.6. The molecule has 2 heterocycles. The summed E-state index contributed by atoms with van der Waals surface area (Å²) in [6.07, 6.45) is 0. The molecule has 29 heavy (non-hydrogen) atoms. The molecule has 0 saturated carbocycles. The monoisotopic (exact) mass is 389 g/mol. The van der Waals surface area contributed by atoms with Crippen LogP contribution in [0.15, 0.2) is 76.3 Å².